The van der Waals surface area contributed by atoms with Crippen molar-refractivity contribution in [3.8, 4) is 5.75 Å². The monoisotopic (exact) mass is 388 g/mol. The number of anilines is 1. The van der Waals surface area contributed by atoms with Gasteiger partial charge in [0, 0.05) is 18.7 Å². The maximum absolute atomic E-state index is 12.3. The van der Waals surface area contributed by atoms with Crippen LogP contribution in [-0.2, 0) is 9.59 Å². The van der Waals surface area contributed by atoms with Gasteiger partial charge >= 0.3 is 0 Å². The lowest BCUT2D eigenvalue weighted by Crippen LogP contribution is -2.31. The lowest BCUT2D eigenvalue weighted by Gasteiger charge is -2.17. The third-order valence-corrected chi connectivity index (χ3v) is 5.24. The molecule has 5 heteroatoms. The smallest absolute Gasteiger partial charge is 0.258 e. The Morgan fingerprint density at radius 1 is 1.07 bits per heavy atom. The number of amides is 2. The molecule has 148 valence electrons. The van der Waals surface area contributed by atoms with Gasteiger partial charge in [-0.2, -0.15) is 0 Å². The predicted octanol–water partition coefficient (Wildman–Crippen LogP) is 4.22. The van der Waals surface area contributed by atoms with Gasteiger partial charge in [-0.1, -0.05) is 36.4 Å². The van der Waals surface area contributed by atoms with Gasteiger partial charge in [-0.05, 0) is 60.0 Å². The summed E-state index contributed by atoms with van der Waals surface area (Å²) in [6.07, 6.45) is 1.50. The van der Waals surface area contributed by atoms with Crippen LogP contribution in [0.1, 0.15) is 31.4 Å². The maximum Gasteiger partial charge on any atom is 0.258 e. The van der Waals surface area contributed by atoms with Crippen LogP contribution < -0.4 is 15.0 Å². The third kappa shape index (κ3) is 4.40. The lowest BCUT2D eigenvalue weighted by atomic mass is 10.0. The molecule has 3 aromatic rings. The molecule has 2 amide bonds. The first-order valence-corrected chi connectivity index (χ1v) is 9.91. The molecule has 0 aliphatic carbocycles. The van der Waals surface area contributed by atoms with Crippen LogP contribution in [0.3, 0.4) is 0 Å². The topological polar surface area (TPSA) is 58.6 Å². The molecule has 1 heterocycles. The Kier molecular flexibility index (Phi) is 5.47. The highest BCUT2D eigenvalue weighted by Crippen LogP contribution is 2.24. The van der Waals surface area contributed by atoms with Crippen molar-refractivity contribution in [3.05, 3.63) is 72.3 Å². The standard InChI is InChI=1S/C24H24N2O3/c1-17(19-9-8-18-5-2-3-6-20(18)15-19)25-23(27)16-29-22-12-10-21(11-13-22)26-14-4-7-24(26)28/h2-3,5-6,8-13,15,17H,4,7,14,16H2,1H3,(H,25,27)/t17-/m0/s1. The van der Waals surface area contributed by atoms with Crippen LogP contribution in [0.25, 0.3) is 10.8 Å². The number of ether oxygens (including phenoxy) is 1. The summed E-state index contributed by atoms with van der Waals surface area (Å²) in [6, 6.07) is 21.5. The minimum absolute atomic E-state index is 0.0556. The van der Waals surface area contributed by atoms with Crippen LogP contribution in [0.2, 0.25) is 0 Å². The minimum Gasteiger partial charge on any atom is -0.484 e. The van der Waals surface area contributed by atoms with Crippen molar-refractivity contribution in [1.29, 1.82) is 0 Å². The van der Waals surface area contributed by atoms with E-state index in [2.05, 4.69) is 29.6 Å². The van der Waals surface area contributed by atoms with Crippen molar-refractivity contribution in [2.45, 2.75) is 25.8 Å². The van der Waals surface area contributed by atoms with Gasteiger partial charge in [0.2, 0.25) is 5.91 Å². The molecule has 0 radical (unpaired) electrons. The van der Waals surface area contributed by atoms with E-state index in [0.717, 1.165) is 29.6 Å². The van der Waals surface area contributed by atoms with Crippen LogP contribution in [0, 0.1) is 0 Å². The molecule has 4 rings (SSSR count). The quantitative estimate of drug-likeness (QED) is 0.688. The van der Waals surface area contributed by atoms with Crippen LogP contribution in [0.5, 0.6) is 5.75 Å². The lowest BCUT2D eigenvalue weighted by molar-refractivity contribution is -0.123. The molecule has 3 aromatic carbocycles. The highest BCUT2D eigenvalue weighted by Gasteiger charge is 2.21. The Labute approximate surface area is 170 Å². The SMILES string of the molecule is C[C@H](NC(=O)COc1ccc(N2CCCC2=O)cc1)c1ccc2ccccc2c1. The maximum atomic E-state index is 12.3. The van der Waals surface area contributed by atoms with Gasteiger partial charge in [-0.3, -0.25) is 9.59 Å². The number of nitrogens with one attached hydrogen (secondary N) is 1. The molecule has 1 aliphatic rings. The highest BCUT2D eigenvalue weighted by molar-refractivity contribution is 5.95. The molecule has 0 spiro atoms. The molecule has 1 atom stereocenters. The fraction of sp³-hybridized carbons (Fsp3) is 0.250. The molecular formula is C24H24N2O3. The van der Waals surface area contributed by atoms with Crippen molar-refractivity contribution in [1.82, 2.24) is 5.32 Å². The van der Waals surface area contributed by atoms with Crippen molar-refractivity contribution in [3.63, 3.8) is 0 Å². The summed E-state index contributed by atoms with van der Waals surface area (Å²) in [5.41, 5.74) is 1.92. The second-order valence-corrected chi connectivity index (χ2v) is 7.33. The highest BCUT2D eigenvalue weighted by atomic mass is 16.5. The summed E-state index contributed by atoms with van der Waals surface area (Å²) in [5.74, 6) is 0.582. The van der Waals surface area contributed by atoms with E-state index in [-0.39, 0.29) is 24.5 Å². The van der Waals surface area contributed by atoms with Crippen LogP contribution in [0.15, 0.2) is 66.7 Å². The van der Waals surface area contributed by atoms with E-state index in [1.165, 1.54) is 5.39 Å². The van der Waals surface area contributed by atoms with E-state index in [1.807, 2.05) is 37.3 Å². The second-order valence-electron chi connectivity index (χ2n) is 7.33. The second kappa shape index (κ2) is 8.35. The first-order valence-electron chi connectivity index (χ1n) is 9.91. The van der Waals surface area contributed by atoms with Gasteiger partial charge in [-0.25, -0.2) is 0 Å². The van der Waals surface area contributed by atoms with Gasteiger partial charge in [0.1, 0.15) is 5.75 Å². The zero-order valence-electron chi connectivity index (χ0n) is 16.4. The van der Waals surface area contributed by atoms with Gasteiger partial charge in [0.05, 0.1) is 6.04 Å². The van der Waals surface area contributed by atoms with Crippen LogP contribution in [-0.4, -0.2) is 25.0 Å². The number of benzene rings is 3. The number of fused-ring (bicyclic) bond motifs is 1. The molecule has 0 unspecified atom stereocenters. The molecule has 1 aliphatic heterocycles. The van der Waals surface area contributed by atoms with Crippen LogP contribution >= 0.6 is 0 Å². The first-order chi connectivity index (χ1) is 14.1. The van der Waals surface area contributed by atoms with E-state index >= 15 is 0 Å². The van der Waals surface area contributed by atoms with E-state index < -0.39 is 0 Å². The number of carbonyl (C=O) groups excluding carboxylic acids is 2. The molecular weight excluding hydrogens is 364 g/mol. The summed E-state index contributed by atoms with van der Waals surface area (Å²) in [5, 5.41) is 5.31. The molecule has 0 bridgehead atoms. The first kappa shape index (κ1) is 19.0. The van der Waals surface area contributed by atoms with Gasteiger partial charge in [-0.15, -0.1) is 0 Å². The molecule has 1 saturated heterocycles. The number of nitrogens with zero attached hydrogens (tertiary/aromatic N) is 1. The van der Waals surface area contributed by atoms with Gasteiger partial charge < -0.3 is 15.0 Å². The fourth-order valence-electron chi connectivity index (χ4n) is 3.64. The number of carbonyl (C=O) groups is 2. The molecule has 1 fully saturated rings. The molecule has 5 nitrogen and oxygen atoms in total. The summed E-state index contributed by atoms with van der Waals surface area (Å²) >= 11 is 0. The Bertz CT molecular complexity index is 1030. The predicted molar refractivity (Wildman–Crippen MR) is 114 cm³/mol. The molecule has 0 saturated carbocycles. The zero-order chi connectivity index (χ0) is 20.2. The largest absolute Gasteiger partial charge is 0.484 e. The summed E-state index contributed by atoms with van der Waals surface area (Å²) < 4.78 is 5.60. The summed E-state index contributed by atoms with van der Waals surface area (Å²) in [7, 11) is 0. The number of hydrogen-bond donors (Lipinski definition) is 1. The van der Waals surface area contributed by atoms with Gasteiger partial charge in [0.25, 0.3) is 5.91 Å². The number of hydrogen-bond acceptors (Lipinski definition) is 3. The average molecular weight is 388 g/mol. The Hall–Kier alpha value is -3.34. The Balaban J connectivity index is 1.31. The summed E-state index contributed by atoms with van der Waals surface area (Å²) in [6.45, 7) is 2.66. The minimum atomic E-state index is -0.176. The molecule has 0 aromatic heterocycles. The third-order valence-electron chi connectivity index (χ3n) is 5.24. The number of rotatable bonds is 6. The zero-order valence-corrected chi connectivity index (χ0v) is 16.4. The Morgan fingerprint density at radius 3 is 2.55 bits per heavy atom. The molecule has 1 N–H and O–H groups in total. The Morgan fingerprint density at radius 2 is 1.83 bits per heavy atom. The van der Waals surface area contributed by atoms with E-state index in [1.54, 1.807) is 17.0 Å². The van der Waals surface area contributed by atoms with Crippen LogP contribution in [0.4, 0.5) is 5.69 Å². The van der Waals surface area contributed by atoms with Crippen molar-refractivity contribution >= 4 is 28.3 Å². The fourth-order valence-corrected chi connectivity index (χ4v) is 3.64. The van der Waals surface area contributed by atoms with E-state index in [4.69, 9.17) is 4.74 Å². The van der Waals surface area contributed by atoms with Crippen molar-refractivity contribution in [2.24, 2.45) is 0 Å². The van der Waals surface area contributed by atoms with Crippen molar-refractivity contribution in [2.75, 3.05) is 18.1 Å². The average Bonchev–Trinajstić information content (AvgIpc) is 3.18. The van der Waals surface area contributed by atoms with Gasteiger partial charge in [0.15, 0.2) is 6.61 Å². The normalized spacial score (nSPS) is 14.8. The van der Waals surface area contributed by atoms with Crippen molar-refractivity contribution < 1.29 is 14.3 Å². The molecule has 29 heavy (non-hydrogen) atoms. The van der Waals surface area contributed by atoms with E-state index in [0.29, 0.717) is 12.2 Å². The van der Waals surface area contributed by atoms with E-state index in [9.17, 15) is 9.59 Å². The summed E-state index contributed by atoms with van der Waals surface area (Å²) in [4.78, 5) is 25.9.